The van der Waals surface area contributed by atoms with Gasteiger partial charge in [0.1, 0.15) is 18.1 Å². The number of carbonyl (C=O) groups excluding carboxylic acids is 1. The summed E-state index contributed by atoms with van der Waals surface area (Å²) in [6.07, 6.45) is 0. The number of hydrogen-bond donors (Lipinski definition) is 2. The van der Waals surface area contributed by atoms with Crippen LogP contribution in [0.4, 0.5) is 11.4 Å². The molecule has 1 amide bonds. The first kappa shape index (κ1) is 18.6. The van der Waals surface area contributed by atoms with Crippen molar-refractivity contribution >= 4 is 17.3 Å². The molecule has 2 N–H and O–H groups in total. The van der Waals surface area contributed by atoms with Gasteiger partial charge in [-0.1, -0.05) is 12.1 Å². The van der Waals surface area contributed by atoms with Gasteiger partial charge < -0.3 is 24.8 Å². The number of methoxy groups -OCH3 is 1. The predicted molar refractivity (Wildman–Crippen MR) is 98.5 cm³/mol. The van der Waals surface area contributed by atoms with Crippen molar-refractivity contribution in [2.24, 2.45) is 0 Å². The number of nitrogens with one attached hydrogen (secondary N) is 2. The molecule has 0 saturated carbocycles. The van der Waals surface area contributed by atoms with E-state index in [1.807, 2.05) is 49.4 Å². The van der Waals surface area contributed by atoms with E-state index in [1.54, 1.807) is 13.2 Å². The third kappa shape index (κ3) is 6.73. The van der Waals surface area contributed by atoms with Crippen LogP contribution in [0.2, 0.25) is 0 Å². The fourth-order valence-corrected chi connectivity index (χ4v) is 2.16. The molecule has 0 atom stereocenters. The Labute approximate surface area is 148 Å². The maximum Gasteiger partial charge on any atom is 0.243 e. The van der Waals surface area contributed by atoms with Gasteiger partial charge in [0.25, 0.3) is 0 Å². The molecule has 2 rings (SSSR count). The van der Waals surface area contributed by atoms with Gasteiger partial charge in [0.15, 0.2) is 0 Å². The lowest BCUT2D eigenvalue weighted by Gasteiger charge is -2.11. The Kier molecular flexibility index (Phi) is 7.59. The first-order valence-electron chi connectivity index (χ1n) is 8.19. The number of benzene rings is 2. The van der Waals surface area contributed by atoms with Crippen molar-refractivity contribution < 1.29 is 19.0 Å². The molecule has 0 aromatic heterocycles. The normalized spacial score (nSPS) is 10.2. The molecule has 2 aromatic rings. The average Bonchev–Trinajstić information content (AvgIpc) is 2.61. The molecule has 0 aliphatic rings. The minimum absolute atomic E-state index is 0.139. The minimum Gasteiger partial charge on any atom is -0.494 e. The molecule has 0 fully saturated rings. The zero-order valence-corrected chi connectivity index (χ0v) is 14.6. The molecule has 25 heavy (non-hydrogen) atoms. The third-order valence-electron chi connectivity index (χ3n) is 3.27. The highest BCUT2D eigenvalue weighted by atomic mass is 16.5. The number of carbonyl (C=O) groups is 1. The van der Waals surface area contributed by atoms with E-state index in [0.29, 0.717) is 25.5 Å². The summed E-state index contributed by atoms with van der Waals surface area (Å²) >= 11 is 0. The maximum atomic E-state index is 12.1. The smallest absolute Gasteiger partial charge is 0.243 e. The van der Waals surface area contributed by atoms with E-state index < -0.39 is 0 Å². The Morgan fingerprint density at radius 1 is 0.960 bits per heavy atom. The standard InChI is InChI=1S/C19H24N2O4/c1-3-24-17-8-5-7-16(13-17)21-19(22)14-20-15-6-4-9-18(12-15)25-11-10-23-2/h4-9,12-13,20H,3,10-11,14H2,1-2H3,(H,21,22). The molecule has 0 spiro atoms. The van der Waals surface area contributed by atoms with Crippen molar-refractivity contribution in [1.29, 1.82) is 0 Å². The second kappa shape index (κ2) is 10.2. The maximum absolute atomic E-state index is 12.1. The first-order chi connectivity index (χ1) is 12.2. The Morgan fingerprint density at radius 2 is 1.64 bits per heavy atom. The van der Waals surface area contributed by atoms with Crippen LogP contribution in [0.3, 0.4) is 0 Å². The minimum atomic E-state index is -0.139. The fraction of sp³-hybridized carbons (Fsp3) is 0.316. The molecule has 134 valence electrons. The van der Waals surface area contributed by atoms with Gasteiger partial charge in [-0.15, -0.1) is 0 Å². The van der Waals surface area contributed by atoms with Gasteiger partial charge in [0.2, 0.25) is 5.91 Å². The van der Waals surface area contributed by atoms with Crippen molar-refractivity contribution in [3.8, 4) is 11.5 Å². The summed E-state index contributed by atoms with van der Waals surface area (Å²) in [6, 6.07) is 14.8. The largest absolute Gasteiger partial charge is 0.494 e. The van der Waals surface area contributed by atoms with Crippen LogP contribution >= 0.6 is 0 Å². The second-order valence-electron chi connectivity index (χ2n) is 5.23. The van der Waals surface area contributed by atoms with Gasteiger partial charge in [0.05, 0.1) is 19.8 Å². The molecule has 6 heteroatoms. The number of anilines is 2. The van der Waals surface area contributed by atoms with E-state index in [1.165, 1.54) is 0 Å². The molecule has 0 unspecified atom stereocenters. The van der Waals surface area contributed by atoms with Gasteiger partial charge in [-0.05, 0) is 31.2 Å². The van der Waals surface area contributed by atoms with Crippen LogP contribution in [0.5, 0.6) is 11.5 Å². The van der Waals surface area contributed by atoms with Crippen molar-refractivity contribution in [3.05, 3.63) is 48.5 Å². The number of amides is 1. The molecule has 0 saturated heterocycles. The lowest BCUT2D eigenvalue weighted by molar-refractivity contribution is -0.114. The number of hydrogen-bond acceptors (Lipinski definition) is 5. The third-order valence-corrected chi connectivity index (χ3v) is 3.27. The summed E-state index contributed by atoms with van der Waals surface area (Å²) in [6.45, 7) is 3.67. The highest BCUT2D eigenvalue weighted by Gasteiger charge is 2.04. The van der Waals surface area contributed by atoms with Crippen molar-refractivity contribution in [2.75, 3.05) is 44.1 Å². The van der Waals surface area contributed by atoms with Crippen LogP contribution in [0.15, 0.2) is 48.5 Å². The highest BCUT2D eigenvalue weighted by molar-refractivity contribution is 5.93. The average molecular weight is 344 g/mol. The van der Waals surface area contributed by atoms with Crippen LogP contribution in [-0.4, -0.2) is 39.4 Å². The molecule has 0 heterocycles. The summed E-state index contributed by atoms with van der Waals surface area (Å²) < 4.78 is 15.9. The van der Waals surface area contributed by atoms with E-state index in [2.05, 4.69) is 10.6 Å². The van der Waals surface area contributed by atoms with Gasteiger partial charge in [-0.25, -0.2) is 0 Å². The highest BCUT2D eigenvalue weighted by Crippen LogP contribution is 2.18. The van der Waals surface area contributed by atoms with Crippen LogP contribution in [-0.2, 0) is 9.53 Å². The van der Waals surface area contributed by atoms with Crippen LogP contribution in [0.25, 0.3) is 0 Å². The number of rotatable bonds is 10. The van der Waals surface area contributed by atoms with Crippen molar-refractivity contribution in [3.63, 3.8) is 0 Å². The number of ether oxygens (including phenoxy) is 3. The Bertz CT molecular complexity index is 676. The molecule has 0 aliphatic carbocycles. The summed E-state index contributed by atoms with van der Waals surface area (Å²) in [5, 5.41) is 5.92. The van der Waals surface area contributed by atoms with E-state index >= 15 is 0 Å². The van der Waals surface area contributed by atoms with Gasteiger partial charge in [0, 0.05) is 30.6 Å². The molecule has 0 bridgehead atoms. The van der Waals surface area contributed by atoms with Gasteiger partial charge >= 0.3 is 0 Å². The lowest BCUT2D eigenvalue weighted by Crippen LogP contribution is -2.21. The molecule has 2 aromatic carbocycles. The van der Waals surface area contributed by atoms with E-state index in [4.69, 9.17) is 14.2 Å². The van der Waals surface area contributed by atoms with Crippen LogP contribution < -0.4 is 20.1 Å². The summed E-state index contributed by atoms with van der Waals surface area (Å²) in [5.41, 5.74) is 1.52. The van der Waals surface area contributed by atoms with E-state index in [9.17, 15) is 4.79 Å². The Morgan fingerprint density at radius 3 is 2.36 bits per heavy atom. The van der Waals surface area contributed by atoms with Gasteiger partial charge in [-0.3, -0.25) is 4.79 Å². The SMILES string of the molecule is CCOc1cccc(NC(=O)CNc2cccc(OCCOC)c2)c1. The van der Waals surface area contributed by atoms with Crippen molar-refractivity contribution in [2.45, 2.75) is 6.92 Å². The molecule has 0 aliphatic heterocycles. The van der Waals surface area contributed by atoms with Gasteiger partial charge in [-0.2, -0.15) is 0 Å². The Hall–Kier alpha value is -2.73. The zero-order valence-electron chi connectivity index (χ0n) is 14.6. The monoisotopic (exact) mass is 344 g/mol. The van der Waals surface area contributed by atoms with Crippen molar-refractivity contribution in [1.82, 2.24) is 0 Å². The summed E-state index contributed by atoms with van der Waals surface area (Å²) in [5.74, 6) is 1.32. The molecular weight excluding hydrogens is 320 g/mol. The lowest BCUT2D eigenvalue weighted by atomic mass is 10.3. The topological polar surface area (TPSA) is 68.8 Å². The molecular formula is C19H24N2O4. The summed E-state index contributed by atoms with van der Waals surface area (Å²) in [4.78, 5) is 12.1. The quantitative estimate of drug-likeness (QED) is 0.648. The molecule has 0 radical (unpaired) electrons. The zero-order chi connectivity index (χ0) is 17.9. The second-order valence-corrected chi connectivity index (χ2v) is 5.23. The Balaban J connectivity index is 1.83. The predicted octanol–water partition coefficient (Wildman–Crippen LogP) is 3.16. The first-order valence-corrected chi connectivity index (χ1v) is 8.19. The van der Waals surface area contributed by atoms with E-state index in [-0.39, 0.29) is 12.5 Å². The van der Waals surface area contributed by atoms with Crippen LogP contribution in [0.1, 0.15) is 6.92 Å². The summed E-state index contributed by atoms with van der Waals surface area (Å²) in [7, 11) is 1.63. The van der Waals surface area contributed by atoms with E-state index in [0.717, 1.165) is 17.2 Å². The fourth-order valence-electron chi connectivity index (χ4n) is 2.16. The molecule has 6 nitrogen and oxygen atoms in total. The van der Waals surface area contributed by atoms with Crippen LogP contribution in [0, 0.1) is 0 Å².